The standard InChI is InChI=1S/C14H24N2O4/c15-9-14(4-2-1-3-5-14)7-12(18)16-8-10(17)6-11(16)13(19)20/h10-11,17H,1-9,15H2,(H,19,20)/t10-,11+/m1/s1. The van der Waals surface area contributed by atoms with Crippen molar-refractivity contribution in [1.82, 2.24) is 4.90 Å². The van der Waals surface area contributed by atoms with Crippen LogP contribution in [0.25, 0.3) is 0 Å². The van der Waals surface area contributed by atoms with E-state index in [1.54, 1.807) is 0 Å². The largest absolute Gasteiger partial charge is 0.480 e. The average molecular weight is 284 g/mol. The number of nitrogens with two attached hydrogens (primary N) is 1. The minimum Gasteiger partial charge on any atom is -0.480 e. The fraction of sp³-hybridized carbons (Fsp3) is 0.857. The topological polar surface area (TPSA) is 104 Å². The van der Waals surface area contributed by atoms with Crippen LogP contribution in [-0.2, 0) is 9.59 Å². The van der Waals surface area contributed by atoms with E-state index in [0.717, 1.165) is 25.7 Å². The molecule has 0 radical (unpaired) electrons. The highest BCUT2D eigenvalue weighted by Crippen LogP contribution is 2.39. The molecule has 0 aromatic heterocycles. The number of aliphatic hydroxyl groups is 1. The maximum absolute atomic E-state index is 12.4. The van der Waals surface area contributed by atoms with Crippen molar-refractivity contribution in [3.63, 3.8) is 0 Å². The maximum atomic E-state index is 12.4. The third kappa shape index (κ3) is 3.12. The number of aliphatic hydroxyl groups excluding tert-OH is 1. The van der Waals surface area contributed by atoms with Gasteiger partial charge in [0.2, 0.25) is 5.91 Å². The van der Waals surface area contributed by atoms with Crippen molar-refractivity contribution in [2.75, 3.05) is 13.1 Å². The average Bonchev–Trinajstić information content (AvgIpc) is 2.82. The van der Waals surface area contributed by atoms with E-state index in [0.29, 0.717) is 13.0 Å². The van der Waals surface area contributed by atoms with Crippen molar-refractivity contribution in [3.8, 4) is 0 Å². The quantitative estimate of drug-likeness (QED) is 0.690. The summed E-state index contributed by atoms with van der Waals surface area (Å²) in [7, 11) is 0. The van der Waals surface area contributed by atoms with Gasteiger partial charge >= 0.3 is 5.97 Å². The van der Waals surface area contributed by atoms with Gasteiger partial charge in [-0.15, -0.1) is 0 Å². The van der Waals surface area contributed by atoms with Gasteiger partial charge in [0.15, 0.2) is 0 Å². The molecule has 0 aromatic carbocycles. The molecule has 2 aliphatic rings. The second-order valence-electron chi connectivity index (χ2n) is 6.23. The highest BCUT2D eigenvalue weighted by molar-refractivity contribution is 5.84. The van der Waals surface area contributed by atoms with Crippen molar-refractivity contribution in [2.24, 2.45) is 11.1 Å². The number of nitrogens with zero attached hydrogens (tertiary/aromatic N) is 1. The minimum atomic E-state index is -1.04. The second kappa shape index (κ2) is 6.10. The molecule has 114 valence electrons. The Morgan fingerprint density at radius 3 is 2.45 bits per heavy atom. The summed E-state index contributed by atoms with van der Waals surface area (Å²) in [5.41, 5.74) is 5.70. The van der Waals surface area contributed by atoms with Crippen LogP contribution in [0.15, 0.2) is 0 Å². The van der Waals surface area contributed by atoms with Crippen LogP contribution < -0.4 is 5.73 Å². The van der Waals surface area contributed by atoms with Crippen LogP contribution in [0, 0.1) is 5.41 Å². The zero-order valence-electron chi connectivity index (χ0n) is 11.8. The number of carboxylic acids is 1. The predicted octanol–water partition coefficient (Wildman–Crippen LogP) is 0.332. The summed E-state index contributed by atoms with van der Waals surface area (Å²) >= 11 is 0. The number of hydrogen-bond acceptors (Lipinski definition) is 4. The summed E-state index contributed by atoms with van der Waals surface area (Å²) in [6, 6.07) is -0.893. The van der Waals surface area contributed by atoms with Crippen molar-refractivity contribution in [2.45, 2.75) is 57.1 Å². The lowest BCUT2D eigenvalue weighted by Crippen LogP contribution is -2.45. The van der Waals surface area contributed by atoms with Crippen molar-refractivity contribution in [3.05, 3.63) is 0 Å². The molecule has 1 saturated carbocycles. The SMILES string of the molecule is NCC1(CC(=O)N2C[C@H](O)C[C@H]2C(=O)O)CCCCC1. The van der Waals surface area contributed by atoms with Crippen LogP contribution >= 0.6 is 0 Å². The van der Waals surface area contributed by atoms with Gasteiger partial charge in [0.25, 0.3) is 0 Å². The molecule has 1 aliphatic heterocycles. The van der Waals surface area contributed by atoms with E-state index >= 15 is 0 Å². The molecule has 20 heavy (non-hydrogen) atoms. The lowest BCUT2D eigenvalue weighted by molar-refractivity contribution is -0.149. The van der Waals surface area contributed by atoms with Gasteiger partial charge in [-0.25, -0.2) is 4.79 Å². The van der Waals surface area contributed by atoms with Crippen LogP contribution in [0.2, 0.25) is 0 Å². The van der Waals surface area contributed by atoms with E-state index in [4.69, 9.17) is 10.8 Å². The first-order valence-corrected chi connectivity index (χ1v) is 7.38. The zero-order chi connectivity index (χ0) is 14.8. The number of β-amino-alcohol motifs (C(OH)–C–C–N with tert-alkyl or cyclic N) is 1. The first-order chi connectivity index (χ1) is 9.47. The maximum Gasteiger partial charge on any atom is 0.326 e. The van der Waals surface area contributed by atoms with Crippen LogP contribution in [-0.4, -0.2) is 52.2 Å². The first kappa shape index (κ1) is 15.3. The number of carbonyl (C=O) groups excluding carboxylic acids is 1. The molecule has 4 N–H and O–H groups in total. The van der Waals surface area contributed by atoms with E-state index in [-0.39, 0.29) is 24.3 Å². The van der Waals surface area contributed by atoms with E-state index in [2.05, 4.69) is 0 Å². The lowest BCUT2D eigenvalue weighted by Gasteiger charge is -2.37. The molecular formula is C14H24N2O4. The van der Waals surface area contributed by atoms with Crippen LogP contribution in [0.5, 0.6) is 0 Å². The van der Waals surface area contributed by atoms with Crippen LogP contribution in [0.4, 0.5) is 0 Å². The van der Waals surface area contributed by atoms with Gasteiger partial charge in [-0.2, -0.15) is 0 Å². The lowest BCUT2D eigenvalue weighted by atomic mass is 9.71. The third-order valence-electron chi connectivity index (χ3n) is 4.76. The number of aliphatic carboxylic acids is 1. The number of carboxylic acid groups (broad SMARTS) is 1. The Hall–Kier alpha value is -1.14. The molecule has 2 atom stereocenters. The van der Waals surface area contributed by atoms with Gasteiger partial charge in [-0.05, 0) is 24.8 Å². The number of carbonyl (C=O) groups is 2. The first-order valence-electron chi connectivity index (χ1n) is 7.38. The van der Waals surface area contributed by atoms with E-state index < -0.39 is 18.1 Å². The van der Waals surface area contributed by atoms with Gasteiger partial charge in [-0.1, -0.05) is 19.3 Å². The van der Waals surface area contributed by atoms with Gasteiger partial charge in [0, 0.05) is 19.4 Å². The van der Waals surface area contributed by atoms with Gasteiger partial charge in [0.1, 0.15) is 6.04 Å². The molecule has 1 saturated heterocycles. The Bertz CT molecular complexity index is 379. The van der Waals surface area contributed by atoms with Gasteiger partial charge < -0.3 is 20.8 Å². The monoisotopic (exact) mass is 284 g/mol. The highest BCUT2D eigenvalue weighted by Gasteiger charge is 2.42. The van der Waals surface area contributed by atoms with Crippen molar-refractivity contribution < 1.29 is 19.8 Å². The normalized spacial score (nSPS) is 29.4. The third-order valence-corrected chi connectivity index (χ3v) is 4.76. The molecule has 1 aliphatic carbocycles. The molecule has 0 unspecified atom stereocenters. The molecule has 0 spiro atoms. The smallest absolute Gasteiger partial charge is 0.326 e. The van der Waals surface area contributed by atoms with E-state index in [9.17, 15) is 14.7 Å². The minimum absolute atomic E-state index is 0.121. The number of likely N-dealkylation sites (tertiary alicyclic amines) is 1. The van der Waals surface area contributed by atoms with E-state index in [1.807, 2.05) is 0 Å². The second-order valence-corrected chi connectivity index (χ2v) is 6.23. The summed E-state index contributed by atoms with van der Waals surface area (Å²) < 4.78 is 0. The fourth-order valence-electron chi connectivity index (χ4n) is 3.50. The Balaban J connectivity index is 2.04. The Labute approximate surface area is 118 Å². The highest BCUT2D eigenvalue weighted by atomic mass is 16.4. The molecule has 6 heteroatoms. The Morgan fingerprint density at radius 2 is 1.90 bits per heavy atom. The molecule has 1 amide bonds. The fourth-order valence-corrected chi connectivity index (χ4v) is 3.50. The molecule has 0 bridgehead atoms. The van der Waals surface area contributed by atoms with Crippen LogP contribution in [0.1, 0.15) is 44.9 Å². The summed E-state index contributed by atoms with van der Waals surface area (Å²) in [5.74, 6) is -1.22. The van der Waals surface area contributed by atoms with E-state index in [1.165, 1.54) is 11.3 Å². The Morgan fingerprint density at radius 1 is 1.25 bits per heavy atom. The van der Waals surface area contributed by atoms with Crippen LogP contribution in [0.3, 0.4) is 0 Å². The predicted molar refractivity (Wildman–Crippen MR) is 73.0 cm³/mol. The zero-order valence-corrected chi connectivity index (χ0v) is 11.8. The Kier molecular flexibility index (Phi) is 4.65. The molecule has 2 rings (SSSR count). The van der Waals surface area contributed by atoms with Crippen molar-refractivity contribution in [1.29, 1.82) is 0 Å². The number of rotatable bonds is 4. The van der Waals surface area contributed by atoms with Gasteiger partial charge in [-0.3, -0.25) is 4.79 Å². The molecule has 1 heterocycles. The van der Waals surface area contributed by atoms with Crippen molar-refractivity contribution >= 4 is 11.9 Å². The van der Waals surface area contributed by atoms with Gasteiger partial charge in [0.05, 0.1) is 6.10 Å². The molecule has 0 aromatic rings. The molecule has 2 fully saturated rings. The summed E-state index contributed by atoms with van der Waals surface area (Å²) in [6.07, 6.45) is 4.89. The summed E-state index contributed by atoms with van der Waals surface area (Å²) in [6.45, 7) is 0.587. The number of hydrogen-bond donors (Lipinski definition) is 3. The number of amides is 1. The summed E-state index contributed by atoms with van der Waals surface area (Å²) in [5, 5.41) is 18.8. The molecule has 6 nitrogen and oxygen atoms in total. The summed E-state index contributed by atoms with van der Waals surface area (Å²) in [4.78, 5) is 24.9. The molecular weight excluding hydrogens is 260 g/mol.